The highest BCUT2D eigenvalue weighted by Crippen LogP contribution is 2.32. The first-order chi connectivity index (χ1) is 10.5. The van der Waals surface area contributed by atoms with E-state index in [2.05, 4.69) is 4.98 Å². The number of carbonyl (C=O) groups is 1. The summed E-state index contributed by atoms with van der Waals surface area (Å²) in [4.78, 5) is 30.5. The van der Waals surface area contributed by atoms with Gasteiger partial charge in [0, 0.05) is 26.0 Å². The Morgan fingerprint density at radius 3 is 2.95 bits per heavy atom. The van der Waals surface area contributed by atoms with Crippen molar-refractivity contribution in [3.8, 4) is 0 Å². The van der Waals surface area contributed by atoms with Crippen LogP contribution < -0.4 is 5.56 Å². The van der Waals surface area contributed by atoms with Crippen LogP contribution in [-0.4, -0.2) is 45.0 Å². The van der Waals surface area contributed by atoms with Crippen molar-refractivity contribution < 1.29 is 9.90 Å². The number of hydrogen-bond acceptors (Lipinski definition) is 4. The van der Waals surface area contributed by atoms with Crippen molar-refractivity contribution in [3.63, 3.8) is 0 Å². The van der Waals surface area contributed by atoms with Crippen LogP contribution in [0.4, 0.5) is 0 Å². The second-order valence-electron chi connectivity index (χ2n) is 5.95. The van der Waals surface area contributed by atoms with E-state index >= 15 is 0 Å². The molecule has 3 rings (SSSR count). The second kappa shape index (κ2) is 5.53. The third-order valence-corrected chi connectivity index (χ3v) is 4.13. The summed E-state index contributed by atoms with van der Waals surface area (Å²) in [6.07, 6.45) is 4.42. The first-order valence-electron chi connectivity index (χ1n) is 7.39. The topological polar surface area (TPSA) is 74.9 Å². The zero-order chi connectivity index (χ0) is 15.9. The van der Waals surface area contributed by atoms with Crippen molar-refractivity contribution in [3.05, 3.63) is 46.0 Å². The number of aliphatic hydroxyl groups excluding tert-OH is 1. The van der Waals surface area contributed by atoms with Gasteiger partial charge in [-0.2, -0.15) is 0 Å². The summed E-state index contributed by atoms with van der Waals surface area (Å²) in [6.45, 7) is 2.10. The Balaban J connectivity index is 1.90. The smallest absolute Gasteiger partial charge is 0.270 e. The second-order valence-corrected chi connectivity index (χ2v) is 5.95. The van der Waals surface area contributed by atoms with Crippen LogP contribution in [0.1, 0.15) is 28.8 Å². The van der Waals surface area contributed by atoms with Gasteiger partial charge in [0.25, 0.3) is 11.5 Å². The molecule has 0 aliphatic heterocycles. The van der Waals surface area contributed by atoms with Crippen LogP contribution in [0.3, 0.4) is 0 Å². The van der Waals surface area contributed by atoms with E-state index in [0.717, 1.165) is 18.4 Å². The minimum Gasteiger partial charge on any atom is -0.391 e. The predicted octanol–water partition coefficient (Wildman–Crippen LogP) is 0.846. The van der Waals surface area contributed by atoms with Crippen LogP contribution in [0.15, 0.2) is 29.3 Å². The summed E-state index contributed by atoms with van der Waals surface area (Å²) in [5.74, 6) is -0.123. The van der Waals surface area contributed by atoms with Crippen LogP contribution in [0, 0.1) is 12.8 Å². The first kappa shape index (κ1) is 14.7. The lowest BCUT2D eigenvalue weighted by Gasteiger charge is -2.20. The predicted molar refractivity (Wildman–Crippen MR) is 81.9 cm³/mol. The summed E-state index contributed by atoms with van der Waals surface area (Å²) >= 11 is 0. The van der Waals surface area contributed by atoms with Crippen molar-refractivity contribution in [1.29, 1.82) is 0 Å². The fraction of sp³-hybridized carbons (Fsp3) is 0.438. The number of aliphatic hydroxyl groups is 1. The molecule has 6 nitrogen and oxygen atoms in total. The Kier molecular flexibility index (Phi) is 3.70. The van der Waals surface area contributed by atoms with Gasteiger partial charge in [0.2, 0.25) is 0 Å². The van der Waals surface area contributed by atoms with E-state index in [4.69, 9.17) is 0 Å². The number of rotatable bonds is 4. The number of aryl methyl sites for hydroxylation is 1. The lowest BCUT2D eigenvalue weighted by Crippen LogP contribution is -2.38. The van der Waals surface area contributed by atoms with E-state index in [1.165, 1.54) is 15.5 Å². The molecule has 0 saturated heterocycles. The molecule has 0 aromatic carbocycles. The molecule has 1 N–H and O–H groups in total. The molecule has 0 spiro atoms. The summed E-state index contributed by atoms with van der Waals surface area (Å²) in [7, 11) is 1.60. The molecule has 1 atom stereocenters. The minimum atomic E-state index is -0.521. The minimum absolute atomic E-state index is 0.0218. The van der Waals surface area contributed by atoms with E-state index < -0.39 is 12.0 Å². The maximum Gasteiger partial charge on any atom is 0.270 e. The molecule has 1 fully saturated rings. The van der Waals surface area contributed by atoms with Crippen LogP contribution in [0.2, 0.25) is 0 Å². The van der Waals surface area contributed by atoms with Gasteiger partial charge in [-0.15, -0.1) is 0 Å². The summed E-state index contributed by atoms with van der Waals surface area (Å²) in [5.41, 5.74) is 1.06. The van der Waals surface area contributed by atoms with E-state index in [1.54, 1.807) is 19.3 Å². The van der Waals surface area contributed by atoms with Crippen LogP contribution in [0.25, 0.3) is 5.65 Å². The van der Waals surface area contributed by atoms with Crippen LogP contribution in [-0.2, 0) is 0 Å². The normalized spacial score (nSPS) is 15.8. The number of aromatic nitrogens is 2. The van der Waals surface area contributed by atoms with Gasteiger partial charge in [-0.05, 0) is 37.3 Å². The van der Waals surface area contributed by atoms with E-state index in [1.807, 2.05) is 13.0 Å². The third-order valence-electron chi connectivity index (χ3n) is 4.13. The summed E-state index contributed by atoms with van der Waals surface area (Å²) < 4.78 is 1.38. The molecule has 6 heteroatoms. The van der Waals surface area contributed by atoms with Gasteiger partial charge in [0.1, 0.15) is 11.2 Å². The Morgan fingerprint density at radius 2 is 2.27 bits per heavy atom. The van der Waals surface area contributed by atoms with E-state index in [-0.39, 0.29) is 23.6 Å². The molecule has 116 valence electrons. The van der Waals surface area contributed by atoms with E-state index in [9.17, 15) is 14.7 Å². The lowest BCUT2D eigenvalue weighted by molar-refractivity contribution is 0.0643. The Hall–Kier alpha value is -2.21. The number of pyridine rings is 1. The van der Waals surface area contributed by atoms with Gasteiger partial charge in [0.15, 0.2) is 0 Å². The zero-order valence-electron chi connectivity index (χ0n) is 12.7. The number of carbonyl (C=O) groups excluding carboxylic acids is 1. The highest BCUT2D eigenvalue weighted by Gasteiger charge is 2.31. The Labute approximate surface area is 128 Å². The Bertz CT molecular complexity index is 780. The molecule has 2 heterocycles. The maximum atomic E-state index is 12.5. The molecule has 2 aromatic heterocycles. The van der Waals surface area contributed by atoms with Crippen molar-refractivity contribution in [1.82, 2.24) is 14.3 Å². The number of hydrogen-bond donors (Lipinski definition) is 1. The molecule has 1 aliphatic carbocycles. The van der Waals surface area contributed by atoms with Crippen LogP contribution >= 0.6 is 0 Å². The first-order valence-corrected chi connectivity index (χ1v) is 7.39. The monoisotopic (exact) mass is 301 g/mol. The molecule has 2 aromatic rings. The van der Waals surface area contributed by atoms with E-state index in [0.29, 0.717) is 5.65 Å². The SMILES string of the molecule is Cc1cccn2c(=O)c(C(=O)N(C)CC(O)C3CC3)cnc12. The standard InChI is InChI=1S/C16H19N3O3/c1-10-4-3-7-19-14(10)17-8-12(16(19)22)15(21)18(2)9-13(20)11-5-6-11/h3-4,7-8,11,13,20H,5-6,9H2,1-2H3. The lowest BCUT2D eigenvalue weighted by atomic mass is 10.2. The average Bonchev–Trinajstić information content (AvgIpc) is 3.32. The molecule has 1 amide bonds. The van der Waals surface area contributed by atoms with Gasteiger partial charge in [-0.3, -0.25) is 14.0 Å². The van der Waals surface area contributed by atoms with Crippen LogP contribution in [0.5, 0.6) is 0 Å². The quantitative estimate of drug-likeness (QED) is 0.908. The fourth-order valence-electron chi connectivity index (χ4n) is 2.59. The fourth-order valence-corrected chi connectivity index (χ4v) is 2.59. The van der Waals surface area contributed by atoms with Crippen molar-refractivity contribution in [2.45, 2.75) is 25.9 Å². The molecular weight excluding hydrogens is 282 g/mol. The van der Waals surface area contributed by atoms with Gasteiger partial charge in [-0.1, -0.05) is 6.07 Å². The summed E-state index contributed by atoms with van der Waals surface area (Å²) in [6, 6.07) is 3.61. The van der Waals surface area contributed by atoms with Gasteiger partial charge in [-0.25, -0.2) is 4.98 Å². The molecule has 1 unspecified atom stereocenters. The molecule has 1 aliphatic rings. The molecule has 0 bridgehead atoms. The molecular formula is C16H19N3O3. The number of fused-ring (bicyclic) bond motifs is 1. The number of likely N-dealkylation sites (N-methyl/N-ethyl adjacent to an activating group) is 1. The van der Waals surface area contributed by atoms with Crippen molar-refractivity contribution in [2.75, 3.05) is 13.6 Å². The van der Waals surface area contributed by atoms with Gasteiger partial charge >= 0.3 is 0 Å². The average molecular weight is 301 g/mol. The molecule has 22 heavy (non-hydrogen) atoms. The van der Waals surface area contributed by atoms with Gasteiger partial charge < -0.3 is 10.0 Å². The molecule has 1 saturated carbocycles. The number of amides is 1. The highest BCUT2D eigenvalue weighted by atomic mass is 16.3. The maximum absolute atomic E-state index is 12.5. The summed E-state index contributed by atoms with van der Waals surface area (Å²) in [5, 5.41) is 9.94. The Morgan fingerprint density at radius 1 is 1.55 bits per heavy atom. The van der Waals surface area contributed by atoms with Crippen molar-refractivity contribution in [2.24, 2.45) is 5.92 Å². The zero-order valence-corrected chi connectivity index (χ0v) is 12.7. The van der Waals surface area contributed by atoms with Crippen molar-refractivity contribution >= 4 is 11.6 Å². The molecule has 0 radical (unpaired) electrons. The highest BCUT2D eigenvalue weighted by molar-refractivity contribution is 5.93. The van der Waals surface area contributed by atoms with Gasteiger partial charge in [0.05, 0.1) is 6.10 Å². The largest absolute Gasteiger partial charge is 0.391 e. The third kappa shape index (κ3) is 2.62. The number of nitrogens with zero attached hydrogens (tertiary/aromatic N) is 3.